The Bertz CT molecular complexity index is 1110. The van der Waals surface area contributed by atoms with Gasteiger partial charge in [-0.05, 0) is 42.8 Å². The molecule has 27 heavy (non-hydrogen) atoms. The lowest BCUT2D eigenvalue weighted by atomic mass is 10.0. The van der Waals surface area contributed by atoms with Crippen LogP contribution in [-0.4, -0.2) is 21.1 Å². The molecule has 0 spiro atoms. The predicted octanol–water partition coefficient (Wildman–Crippen LogP) is 4.16. The van der Waals surface area contributed by atoms with Crippen molar-refractivity contribution in [1.29, 1.82) is 0 Å². The molecule has 0 amide bonds. The highest BCUT2D eigenvalue weighted by molar-refractivity contribution is 5.89. The lowest BCUT2D eigenvalue weighted by molar-refractivity contribution is 0.240. The number of hydrogen-bond donors (Lipinski definition) is 2. The highest BCUT2D eigenvalue weighted by Crippen LogP contribution is 2.30. The number of nitrogens with two attached hydrogens (primary N) is 1. The van der Waals surface area contributed by atoms with Gasteiger partial charge in [0, 0.05) is 12.1 Å². The zero-order valence-corrected chi connectivity index (χ0v) is 15.3. The fraction of sp³-hybridized carbons (Fsp3) is 0.190. The lowest BCUT2D eigenvalue weighted by Crippen LogP contribution is -2.10. The Morgan fingerprint density at radius 1 is 1.00 bits per heavy atom. The molecule has 0 aliphatic heterocycles. The van der Waals surface area contributed by atoms with E-state index < -0.39 is 0 Å². The van der Waals surface area contributed by atoms with E-state index in [9.17, 15) is 0 Å². The van der Waals surface area contributed by atoms with Crippen molar-refractivity contribution in [2.24, 2.45) is 0 Å². The van der Waals surface area contributed by atoms with Crippen molar-refractivity contribution in [1.82, 2.24) is 15.0 Å². The van der Waals surface area contributed by atoms with Crippen molar-refractivity contribution < 1.29 is 4.74 Å². The molecule has 6 heteroatoms. The van der Waals surface area contributed by atoms with Crippen LogP contribution >= 0.6 is 0 Å². The van der Waals surface area contributed by atoms with E-state index in [4.69, 9.17) is 10.5 Å². The van der Waals surface area contributed by atoms with E-state index in [1.165, 1.54) is 11.7 Å². The third-order valence-electron chi connectivity index (χ3n) is 4.31. The van der Waals surface area contributed by atoms with Gasteiger partial charge < -0.3 is 15.8 Å². The first-order valence-electron chi connectivity index (χ1n) is 8.90. The SMILES string of the molecule is CC(C)Oc1ccc2ccccc2c1CNc1ncnc2nc(N)ccc12. The summed E-state index contributed by atoms with van der Waals surface area (Å²) < 4.78 is 6.04. The van der Waals surface area contributed by atoms with Gasteiger partial charge in [0.1, 0.15) is 23.7 Å². The third-order valence-corrected chi connectivity index (χ3v) is 4.31. The van der Waals surface area contributed by atoms with Crippen LogP contribution in [0.3, 0.4) is 0 Å². The number of aromatic nitrogens is 3. The van der Waals surface area contributed by atoms with Crippen LogP contribution in [0.2, 0.25) is 0 Å². The van der Waals surface area contributed by atoms with Crippen molar-refractivity contribution in [2.75, 3.05) is 11.1 Å². The fourth-order valence-corrected chi connectivity index (χ4v) is 3.13. The number of nitrogen functional groups attached to an aromatic ring is 1. The summed E-state index contributed by atoms with van der Waals surface area (Å²) in [5, 5.41) is 6.58. The van der Waals surface area contributed by atoms with Crippen molar-refractivity contribution in [3.05, 3.63) is 60.4 Å². The molecular formula is C21H21N5O. The maximum Gasteiger partial charge on any atom is 0.166 e. The summed E-state index contributed by atoms with van der Waals surface area (Å²) in [6, 6.07) is 16.0. The number of ether oxygens (including phenoxy) is 1. The molecule has 0 unspecified atom stereocenters. The summed E-state index contributed by atoms with van der Waals surface area (Å²) in [5.74, 6) is 2.03. The molecule has 0 aliphatic carbocycles. The Morgan fingerprint density at radius 2 is 1.85 bits per heavy atom. The molecule has 0 aliphatic rings. The van der Waals surface area contributed by atoms with Crippen LogP contribution in [0.1, 0.15) is 19.4 Å². The van der Waals surface area contributed by atoms with Gasteiger partial charge in [0.25, 0.3) is 0 Å². The maximum absolute atomic E-state index is 6.04. The van der Waals surface area contributed by atoms with Crippen LogP contribution in [0.25, 0.3) is 21.8 Å². The molecule has 136 valence electrons. The van der Waals surface area contributed by atoms with Gasteiger partial charge in [-0.1, -0.05) is 30.3 Å². The van der Waals surface area contributed by atoms with Gasteiger partial charge in [-0.15, -0.1) is 0 Å². The molecule has 2 heterocycles. The van der Waals surface area contributed by atoms with E-state index in [0.29, 0.717) is 18.0 Å². The summed E-state index contributed by atoms with van der Waals surface area (Å²) in [6.07, 6.45) is 1.59. The molecule has 0 saturated carbocycles. The minimum absolute atomic E-state index is 0.0944. The van der Waals surface area contributed by atoms with Crippen LogP contribution in [0.4, 0.5) is 11.6 Å². The number of nitrogens with zero attached hydrogens (tertiary/aromatic N) is 3. The minimum atomic E-state index is 0.0944. The summed E-state index contributed by atoms with van der Waals surface area (Å²) in [6.45, 7) is 4.63. The highest BCUT2D eigenvalue weighted by Gasteiger charge is 2.12. The van der Waals surface area contributed by atoms with Crippen molar-refractivity contribution >= 4 is 33.4 Å². The number of benzene rings is 2. The lowest BCUT2D eigenvalue weighted by Gasteiger charge is -2.17. The molecule has 3 N–H and O–H groups in total. The normalized spacial score (nSPS) is 11.2. The smallest absolute Gasteiger partial charge is 0.166 e. The highest BCUT2D eigenvalue weighted by atomic mass is 16.5. The van der Waals surface area contributed by atoms with Gasteiger partial charge in [-0.3, -0.25) is 0 Å². The van der Waals surface area contributed by atoms with E-state index in [-0.39, 0.29) is 6.10 Å². The largest absolute Gasteiger partial charge is 0.491 e. The Kier molecular flexibility index (Phi) is 4.46. The number of hydrogen-bond acceptors (Lipinski definition) is 6. The first-order chi connectivity index (χ1) is 13.1. The van der Waals surface area contributed by atoms with Crippen LogP contribution < -0.4 is 15.8 Å². The summed E-state index contributed by atoms with van der Waals surface area (Å²) in [5.41, 5.74) is 7.43. The zero-order chi connectivity index (χ0) is 18.8. The first-order valence-corrected chi connectivity index (χ1v) is 8.90. The third kappa shape index (κ3) is 3.46. The standard InChI is InChI=1S/C21H21N5O/c1-13(2)27-18-9-7-14-5-3-4-6-15(14)17(18)11-23-20-16-8-10-19(22)26-21(16)25-12-24-20/h3-10,12-13H,11H2,1-2H3,(H3,22,23,24,25,26). The molecule has 0 atom stereocenters. The number of rotatable bonds is 5. The van der Waals surface area contributed by atoms with Crippen LogP contribution in [0.5, 0.6) is 5.75 Å². The Hall–Kier alpha value is -3.41. The minimum Gasteiger partial charge on any atom is -0.491 e. The average Bonchev–Trinajstić information content (AvgIpc) is 2.66. The van der Waals surface area contributed by atoms with E-state index in [0.717, 1.165) is 27.9 Å². The predicted molar refractivity (Wildman–Crippen MR) is 109 cm³/mol. The Morgan fingerprint density at radius 3 is 2.70 bits per heavy atom. The Balaban J connectivity index is 1.73. The second-order valence-corrected chi connectivity index (χ2v) is 6.61. The molecule has 2 aromatic carbocycles. The van der Waals surface area contributed by atoms with E-state index >= 15 is 0 Å². The summed E-state index contributed by atoms with van der Waals surface area (Å²) in [7, 11) is 0. The molecule has 4 aromatic rings. The molecule has 6 nitrogen and oxygen atoms in total. The molecular weight excluding hydrogens is 338 g/mol. The second-order valence-electron chi connectivity index (χ2n) is 6.61. The zero-order valence-electron chi connectivity index (χ0n) is 15.3. The van der Waals surface area contributed by atoms with Gasteiger partial charge in [0.15, 0.2) is 5.65 Å². The monoisotopic (exact) mass is 359 g/mol. The van der Waals surface area contributed by atoms with Crippen molar-refractivity contribution in [2.45, 2.75) is 26.5 Å². The van der Waals surface area contributed by atoms with Crippen LogP contribution in [-0.2, 0) is 6.54 Å². The first kappa shape index (κ1) is 17.0. The topological polar surface area (TPSA) is 86.0 Å². The van der Waals surface area contributed by atoms with Gasteiger partial charge in [-0.2, -0.15) is 0 Å². The Labute approximate surface area is 157 Å². The number of anilines is 2. The van der Waals surface area contributed by atoms with Crippen LogP contribution in [0.15, 0.2) is 54.9 Å². The molecule has 0 radical (unpaired) electrons. The van der Waals surface area contributed by atoms with E-state index in [1.807, 2.05) is 38.1 Å². The number of pyridine rings is 1. The number of nitrogens with one attached hydrogen (secondary N) is 1. The molecule has 2 aromatic heterocycles. The van der Waals surface area contributed by atoms with Crippen molar-refractivity contribution in [3.8, 4) is 5.75 Å². The van der Waals surface area contributed by atoms with Gasteiger partial charge in [0.05, 0.1) is 11.5 Å². The number of fused-ring (bicyclic) bond motifs is 2. The van der Waals surface area contributed by atoms with E-state index in [1.54, 1.807) is 6.07 Å². The van der Waals surface area contributed by atoms with Gasteiger partial charge in [-0.25, -0.2) is 15.0 Å². The summed E-state index contributed by atoms with van der Waals surface area (Å²) >= 11 is 0. The summed E-state index contributed by atoms with van der Waals surface area (Å²) in [4.78, 5) is 12.8. The molecule has 0 bridgehead atoms. The van der Waals surface area contributed by atoms with Crippen molar-refractivity contribution in [3.63, 3.8) is 0 Å². The fourth-order valence-electron chi connectivity index (χ4n) is 3.13. The maximum atomic E-state index is 6.04. The second kappa shape index (κ2) is 7.07. The quantitative estimate of drug-likeness (QED) is 0.556. The van der Waals surface area contributed by atoms with Gasteiger partial charge >= 0.3 is 0 Å². The van der Waals surface area contributed by atoms with Crippen LogP contribution in [0, 0.1) is 0 Å². The average molecular weight is 359 g/mol. The molecule has 4 rings (SSSR count). The van der Waals surface area contributed by atoms with Gasteiger partial charge in [0.2, 0.25) is 0 Å². The van der Waals surface area contributed by atoms with E-state index in [2.05, 4.69) is 38.5 Å². The molecule has 0 fully saturated rings. The molecule has 0 saturated heterocycles.